The van der Waals surface area contributed by atoms with E-state index in [2.05, 4.69) is 22.8 Å². The fraction of sp³-hybridized carbons (Fsp3) is 0.429. The van der Waals surface area contributed by atoms with Crippen LogP contribution >= 0.6 is 0 Å². The van der Waals surface area contributed by atoms with Crippen molar-refractivity contribution in [1.29, 1.82) is 0 Å². The molecule has 0 aromatic heterocycles. The van der Waals surface area contributed by atoms with Crippen LogP contribution in [0.15, 0.2) is 53.6 Å². The topological polar surface area (TPSA) is 96.9 Å². The Morgan fingerprint density at radius 3 is 2.17 bits per heavy atom. The molecule has 0 aliphatic rings. The highest BCUT2D eigenvalue weighted by Crippen LogP contribution is 2.15. The number of hydrogen-bond donors (Lipinski definition) is 2. The molecule has 2 N–H and O–H groups in total. The number of unbranched alkanes of at least 4 members (excludes halogenated alkanes) is 8. The second kappa shape index (κ2) is 17.0. The van der Waals surface area contributed by atoms with E-state index in [-0.39, 0.29) is 23.8 Å². The number of carbonyl (C=O) groups is 3. The molecule has 0 saturated heterocycles. The van der Waals surface area contributed by atoms with Gasteiger partial charge in [-0.1, -0.05) is 70.4 Å². The van der Waals surface area contributed by atoms with Crippen LogP contribution in [0.2, 0.25) is 0 Å². The summed E-state index contributed by atoms with van der Waals surface area (Å²) in [5, 5.41) is 6.46. The van der Waals surface area contributed by atoms with Crippen LogP contribution in [0.25, 0.3) is 0 Å². The molecule has 0 radical (unpaired) electrons. The van der Waals surface area contributed by atoms with Crippen LogP contribution in [-0.2, 0) is 9.59 Å². The lowest BCUT2D eigenvalue weighted by Crippen LogP contribution is -2.34. The fourth-order valence-electron chi connectivity index (χ4n) is 3.49. The number of ether oxygens (including phenoxy) is 1. The molecule has 0 atom stereocenters. The Morgan fingerprint density at radius 2 is 1.50 bits per heavy atom. The van der Waals surface area contributed by atoms with E-state index >= 15 is 0 Å². The summed E-state index contributed by atoms with van der Waals surface area (Å²) < 4.78 is 18.8. The van der Waals surface area contributed by atoms with Crippen LogP contribution in [0, 0.1) is 5.82 Å². The molecule has 2 rings (SSSR count). The summed E-state index contributed by atoms with van der Waals surface area (Å²) in [6.07, 6.45) is 12.5. The van der Waals surface area contributed by atoms with Gasteiger partial charge in [0.15, 0.2) is 0 Å². The van der Waals surface area contributed by atoms with E-state index in [4.69, 9.17) is 4.74 Å². The van der Waals surface area contributed by atoms with Crippen molar-refractivity contribution in [1.82, 2.24) is 10.7 Å². The Kier molecular flexibility index (Phi) is 13.5. The predicted molar refractivity (Wildman–Crippen MR) is 138 cm³/mol. The van der Waals surface area contributed by atoms with Crippen molar-refractivity contribution >= 4 is 24.0 Å². The Hall–Kier alpha value is -3.55. The van der Waals surface area contributed by atoms with Crippen LogP contribution in [0.4, 0.5) is 4.39 Å². The molecule has 0 bridgehead atoms. The van der Waals surface area contributed by atoms with E-state index < -0.39 is 17.7 Å². The Bertz CT molecular complexity index is 993. The number of hydrazone groups is 1. The van der Waals surface area contributed by atoms with Crippen LogP contribution in [-0.4, -0.2) is 30.5 Å². The molecular formula is C28H36FN3O4. The van der Waals surface area contributed by atoms with E-state index in [1.165, 1.54) is 75.1 Å². The molecule has 0 fully saturated rings. The molecule has 194 valence electrons. The number of benzene rings is 2. The number of hydrogen-bond acceptors (Lipinski definition) is 5. The van der Waals surface area contributed by atoms with E-state index in [0.29, 0.717) is 12.0 Å². The quantitative estimate of drug-likeness (QED) is 0.105. The van der Waals surface area contributed by atoms with Crippen LogP contribution < -0.4 is 15.5 Å². The van der Waals surface area contributed by atoms with Gasteiger partial charge >= 0.3 is 5.97 Å². The normalized spacial score (nSPS) is 10.8. The first kappa shape index (κ1) is 28.7. The molecule has 0 unspecified atom stereocenters. The summed E-state index contributed by atoms with van der Waals surface area (Å²) in [5.41, 5.74) is 2.86. The molecule has 2 aromatic rings. The van der Waals surface area contributed by atoms with Crippen molar-refractivity contribution in [2.75, 3.05) is 6.54 Å². The lowest BCUT2D eigenvalue weighted by Gasteiger charge is -2.05. The smallest absolute Gasteiger partial charge is 0.346 e. The lowest BCUT2D eigenvalue weighted by molar-refractivity contribution is -0.126. The highest BCUT2D eigenvalue weighted by atomic mass is 19.1. The molecule has 8 heteroatoms. The first-order chi connectivity index (χ1) is 17.5. The number of carbonyl (C=O) groups excluding carboxylic acids is 3. The Morgan fingerprint density at radius 1 is 0.861 bits per heavy atom. The van der Waals surface area contributed by atoms with E-state index in [9.17, 15) is 18.8 Å². The maximum absolute atomic E-state index is 13.7. The van der Waals surface area contributed by atoms with Gasteiger partial charge in [-0.2, -0.15) is 5.10 Å². The third-order valence-electron chi connectivity index (χ3n) is 5.54. The summed E-state index contributed by atoms with van der Waals surface area (Å²) in [5.74, 6) is -1.76. The lowest BCUT2D eigenvalue weighted by atomic mass is 10.1. The minimum absolute atomic E-state index is 0.140. The minimum Gasteiger partial charge on any atom is -0.423 e. The van der Waals surface area contributed by atoms with Gasteiger partial charge in [0.1, 0.15) is 11.6 Å². The maximum Gasteiger partial charge on any atom is 0.346 e. The van der Waals surface area contributed by atoms with Crippen molar-refractivity contribution in [2.45, 2.75) is 71.1 Å². The summed E-state index contributed by atoms with van der Waals surface area (Å²) >= 11 is 0. The summed E-state index contributed by atoms with van der Waals surface area (Å²) in [4.78, 5) is 35.8. The number of amides is 2. The average molecular weight is 498 g/mol. The van der Waals surface area contributed by atoms with Gasteiger partial charge in [-0.15, -0.1) is 0 Å². The SMILES string of the molecule is CCCCCCCCCCCC(=O)NCC(=O)N/N=C/c1ccc(OC(=O)c2ccccc2F)cc1. The fourth-order valence-corrected chi connectivity index (χ4v) is 3.49. The number of halogens is 1. The summed E-state index contributed by atoms with van der Waals surface area (Å²) in [6, 6.07) is 11.9. The zero-order valence-electron chi connectivity index (χ0n) is 20.9. The van der Waals surface area contributed by atoms with Crippen molar-refractivity contribution in [3.8, 4) is 5.75 Å². The van der Waals surface area contributed by atoms with Gasteiger partial charge in [0, 0.05) is 6.42 Å². The number of rotatable bonds is 16. The molecule has 2 aromatic carbocycles. The molecule has 0 aliphatic heterocycles. The number of nitrogens with zero attached hydrogens (tertiary/aromatic N) is 1. The third-order valence-corrected chi connectivity index (χ3v) is 5.54. The Balaban J connectivity index is 1.59. The molecular weight excluding hydrogens is 461 g/mol. The highest BCUT2D eigenvalue weighted by Gasteiger charge is 2.13. The maximum atomic E-state index is 13.7. The highest BCUT2D eigenvalue weighted by molar-refractivity contribution is 5.91. The van der Waals surface area contributed by atoms with Crippen molar-refractivity contribution in [2.24, 2.45) is 5.10 Å². The minimum atomic E-state index is -0.790. The zero-order chi connectivity index (χ0) is 26.0. The molecule has 36 heavy (non-hydrogen) atoms. The van der Waals surface area contributed by atoms with Crippen LogP contribution in [0.3, 0.4) is 0 Å². The van der Waals surface area contributed by atoms with Gasteiger partial charge in [0.25, 0.3) is 5.91 Å². The monoisotopic (exact) mass is 497 g/mol. The van der Waals surface area contributed by atoms with E-state index in [1.807, 2.05) is 0 Å². The first-order valence-electron chi connectivity index (χ1n) is 12.6. The van der Waals surface area contributed by atoms with Gasteiger partial charge in [-0.3, -0.25) is 9.59 Å². The van der Waals surface area contributed by atoms with E-state index in [1.54, 1.807) is 18.2 Å². The molecule has 0 spiro atoms. The Labute approximate surface area is 212 Å². The van der Waals surface area contributed by atoms with Crippen molar-refractivity contribution < 1.29 is 23.5 Å². The number of nitrogens with one attached hydrogen (secondary N) is 2. The summed E-state index contributed by atoms with van der Waals surface area (Å²) in [7, 11) is 0. The van der Waals surface area contributed by atoms with Gasteiger partial charge in [-0.05, 0) is 48.4 Å². The summed E-state index contributed by atoms with van der Waals surface area (Å²) in [6.45, 7) is 2.07. The van der Waals surface area contributed by atoms with Crippen LogP contribution in [0.1, 0.15) is 87.1 Å². The predicted octanol–water partition coefficient (Wildman–Crippen LogP) is 5.53. The van der Waals surface area contributed by atoms with Gasteiger partial charge in [-0.25, -0.2) is 14.6 Å². The van der Waals surface area contributed by atoms with Gasteiger partial charge in [0.05, 0.1) is 18.3 Å². The van der Waals surface area contributed by atoms with Crippen molar-refractivity contribution in [3.63, 3.8) is 0 Å². The second-order valence-corrected chi connectivity index (χ2v) is 8.59. The van der Waals surface area contributed by atoms with Gasteiger partial charge in [0.2, 0.25) is 5.91 Å². The average Bonchev–Trinajstić information content (AvgIpc) is 2.87. The first-order valence-corrected chi connectivity index (χ1v) is 12.6. The molecule has 0 aliphatic carbocycles. The molecule has 0 heterocycles. The van der Waals surface area contributed by atoms with E-state index in [0.717, 1.165) is 19.3 Å². The zero-order valence-corrected chi connectivity index (χ0v) is 20.9. The standard InChI is InChI=1S/C28H36FN3O4/c1-2-3-4-5-6-7-8-9-10-15-26(33)30-21-27(34)32-31-20-22-16-18-23(19-17-22)36-28(35)24-13-11-12-14-25(24)29/h11-14,16-20H,2-10,15,21H2,1H3,(H,30,33)(H,32,34)/b31-20+. The van der Waals surface area contributed by atoms with Crippen LogP contribution in [0.5, 0.6) is 5.75 Å². The molecule has 0 saturated carbocycles. The third kappa shape index (κ3) is 11.7. The van der Waals surface area contributed by atoms with Gasteiger partial charge < -0.3 is 10.1 Å². The molecule has 2 amide bonds. The second-order valence-electron chi connectivity index (χ2n) is 8.59. The molecule has 7 nitrogen and oxygen atoms in total. The number of esters is 1. The largest absolute Gasteiger partial charge is 0.423 e. The van der Waals surface area contributed by atoms with Crippen molar-refractivity contribution in [3.05, 3.63) is 65.5 Å².